The molecule has 0 radical (unpaired) electrons. The van der Waals surface area contributed by atoms with Crippen molar-refractivity contribution < 1.29 is 9.53 Å². The Kier molecular flexibility index (Phi) is 5.77. The Bertz CT molecular complexity index is 178. The van der Waals surface area contributed by atoms with Crippen LogP contribution in [0, 0.1) is 0 Å². The van der Waals surface area contributed by atoms with Gasteiger partial charge in [-0.3, -0.25) is 4.79 Å². The third-order valence-corrected chi connectivity index (χ3v) is 3.00. The number of hydrogen-bond donors (Lipinski definition) is 0. The van der Waals surface area contributed by atoms with Crippen LogP contribution in [0.15, 0.2) is 0 Å². The lowest BCUT2D eigenvalue weighted by Gasteiger charge is -2.34. The van der Waals surface area contributed by atoms with E-state index < -0.39 is 0 Å². The molecular weight excluding hydrogens is 178 g/mol. The number of hydrogen-bond acceptors (Lipinski definition) is 3. The first-order chi connectivity index (χ1) is 6.44. The minimum Gasteiger partial charge on any atom is -0.469 e. The number of methoxy groups -OCH3 is 1. The molecule has 0 fully saturated rings. The van der Waals surface area contributed by atoms with Crippen molar-refractivity contribution in [3.05, 3.63) is 0 Å². The van der Waals surface area contributed by atoms with E-state index in [2.05, 4.69) is 37.5 Å². The first-order valence-corrected chi connectivity index (χ1v) is 5.22. The Morgan fingerprint density at radius 1 is 1.43 bits per heavy atom. The molecule has 0 aromatic rings. The topological polar surface area (TPSA) is 29.5 Å². The Balaban J connectivity index is 3.74. The molecule has 14 heavy (non-hydrogen) atoms. The number of esters is 1. The molecule has 0 atom stereocenters. The van der Waals surface area contributed by atoms with Crippen molar-refractivity contribution in [3.63, 3.8) is 0 Å². The van der Waals surface area contributed by atoms with E-state index in [1.54, 1.807) is 0 Å². The van der Waals surface area contributed by atoms with Crippen molar-refractivity contribution in [3.8, 4) is 0 Å². The highest BCUT2D eigenvalue weighted by Gasteiger charge is 2.20. The summed E-state index contributed by atoms with van der Waals surface area (Å²) >= 11 is 0. The Morgan fingerprint density at radius 3 is 2.43 bits per heavy atom. The fourth-order valence-corrected chi connectivity index (χ4v) is 1.14. The summed E-state index contributed by atoms with van der Waals surface area (Å²) in [4.78, 5) is 13.2. The fraction of sp³-hybridized carbons (Fsp3) is 0.909. The van der Waals surface area contributed by atoms with E-state index in [1.165, 1.54) is 7.11 Å². The predicted molar refractivity (Wildman–Crippen MR) is 58.3 cm³/mol. The minimum atomic E-state index is -0.118. The lowest BCUT2D eigenvalue weighted by molar-refractivity contribution is -0.140. The van der Waals surface area contributed by atoms with Gasteiger partial charge in [-0.25, -0.2) is 0 Å². The van der Waals surface area contributed by atoms with Crippen LogP contribution in [-0.2, 0) is 9.53 Å². The summed E-state index contributed by atoms with van der Waals surface area (Å²) < 4.78 is 4.59. The van der Waals surface area contributed by atoms with Crippen LogP contribution in [0.3, 0.4) is 0 Å². The average molecular weight is 201 g/mol. The molecule has 0 bridgehead atoms. The average Bonchev–Trinajstić information content (AvgIpc) is 2.17. The third-order valence-electron chi connectivity index (χ3n) is 3.00. The van der Waals surface area contributed by atoms with Gasteiger partial charge in [0.15, 0.2) is 0 Å². The lowest BCUT2D eigenvalue weighted by Crippen LogP contribution is -2.41. The first-order valence-electron chi connectivity index (χ1n) is 5.22. The molecule has 0 aliphatic rings. The van der Waals surface area contributed by atoms with Crippen LogP contribution in [0.25, 0.3) is 0 Å². The molecule has 0 heterocycles. The highest BCUT2D eigenvalue weighted by atomic mass is 16.5. The molecule has 84 valence electrons. The number of carbonyl (C=O) groups is 1. The van der Waals surface area contributed by atoms with Crippen molar-refractivity contribution in [1.29, 1.82) is 0 Å². The highest BCUT2D eigenvalue weighted by molar-refractivity contribution is 5.69. The van der Waals surface area contributed by atoms with Crippen molar-refractivity contribution in [2.24, 2.45) is 0 Å². The van der Waals surface area contributed by atoms with Crippen LogP contribution < -0.4 is 0 Å². The van der Waals surface area contributed by atoms with Gasteiger partial charge in [0, 0.05) is 12.0 Å². The SMILES string of the molecule is CCC(C)(C)N(C)CCCC(=O)OC. The molecule has 0 aromatic carbocycles. The number of carbonyl (C=O) groups excluding carboxylic acids is 1. The summed E-state index contributed by atoms with van der Waals surface area (Å²) in [5.74, 6) is -0.118. The van der Waals surface area contributed by atoms with Gasteiger partial charge in [0.2, 0.25) is 0 Å². The molecule has 0 unspecified atom stereocenters. The smallest absolute Gasteiger partial charge is 0.305 e. The second-order valence-electron chi connectivity index (χ2n) is 4.27. The summed E-state index contributed by atoms with van der Waals surface area (Å²) in [7, 11) is 3.53. The zero-order chi connectivity index (χ0) is 11.2. The van der Waals surface area contributed by atoms with Gasteiger partial charge in [-0.2, -0.15) is 0 Å². The van der Waals surface area contributed by atoms with Gasteiger partial charge >= 0.3 is 5.97 Å². The molecule has 0 rings (SSSR count). The molecule has 0 saturated heterocycles. The largest absolute Gasteiger partial charge is 0.469 e. The molecule has 0 saturated carbocycles. The number of nitrogens with zero attached hydrogens (tertiary/aromatic N) is 1. The monoisotopic (exact) mass is 201 g/mol. The minimum absolute atomic E-state index is 0.118. The van der Waals surface area contributed by atoms with Gasteiger partial charge in [0.25, 0.3) is 0 Å². The molecule has 0 N–H and O–H groups in total. The van der Waals surface area contributed by atoms with Gasteiger partial charge in [-0.1, -0.05) is 6.92 Å². The summed E-state index contributed by atoms with van der Waals surface area (Å²) in [5.41, 5.74) is 0.218. The molecule has 0 aromatic heterocycles. The Morgan fingerprint density at radius 2 is 2.00 bits per heavy atom. The summed E-state index contributed by atoms with van der Waals surface area (Å²) in [6, 6.07) is 0. The molecule has 0 aliphatic heterocycles. The summed E-state index contributed by atoms with van der Waals surface area (Å²) in [6.07, 6.45) is 2.50. The van der Waals surface area contributed by atoms with E-state index >= 15 is 0 Å². The van der Waals surface area contributed by atoms with Gasteiger partial charge in [-0.15, -0.1) is 0 Å². The zero-order valence-corrected chi connectivity index (χ0v) is 10.1. The molecular formula is C11H23NO2. The van der Waals surface area contributed by atoms with Crippen LogP contribution in [-0.4, -0.2) is 37.1 Å². The second kappa shape index (κ2) is 6.02. The normalized spacial score (nSPS) is 11.9. The fourth-order valence-electron chi connectivity index (χ4n) is 1.14. The van der Waals surface area contributed by atoms with Gasteiger partial charge < -0.3 is 9.64 Å². The quantitative estimate of drug-likeness (QED) is 0.616. The van der Waals surface area contributed by atoms with Gasteiger partial charge in [0.1, 0.15) is 0 Å². The van der Waals surface area contributed by atoms with E-state index in [9.17, 15) is 4.79 Å². The zero-order valence-electron chi connectivity index (χ0n) is 10.1. The summed E-state index contributed by atoms with van der Waals surface area (Å²) in [5, 5.41) is 0. The van der Waals surface area contributed by atoms with Crippen molar-refractivity contribution >= 4 is 5.97 Å². The summed E-state index contributed by atoms with van der Waals surface area (Å²) in [6.45, 7) is 7.54. The van der Waals surface area contributed by atoms with Crippen LogP contribution >= 0.6 is 0 Å². The maximum Gasteiger partial charge on any atom is 0.305 e. The van der Waals surface area contributed by atoms with Crippen LogP contribution in [0.4, 0.5) is 0 Å². The van der Waals surface area contributed by atoms with Crippen molar-refractivity contribution in [2.75, 3.05) is 20.7 Å². The Hall–Kier alpha value is -0.570. The molecule has 0 spiro atoms. The number of rotatable bonds is 6. The van der Waals surface area contributed by atoms with E-state index in [0.717, 1.165) is 19.4 Å². The van der Waals surface area contributed by atoms with E-state index in [1.807, 2.05) is 0 Å². The molecule has 0 amide bonds. The van der Waals surface area contributed by atoms with E-state index in [0.29, 0.717) is 6.42 Å². The maximum atomic E-state index is 10.9. The van der Waals surface area contributed by atoms with Crippen LogP contribution in [0.5, 0.6) is 0 Å². The van der Waals surface area contributed by atoms with Gasteiger partial charge in [0.05, 0.1) is 7.11 Å². The van der Waals surface area contributed by atoms with Crippen LogP contribution in [0.1, 0.15) is 40.0 Å². The molecule has 0 aliphatic carbocycles. The van der Waals surface area contributed by atoms with Crippen molar-refractivity contribution in [2.45, 2.75) is 45.6 Å². The molecule has 3 nitrogen and oxygen atoms in total. The Labute approximate surface area is 87.4 Å². The standard InChI is InChI=1S/C11H23NO2/c1-6-11(2,3)12(4)9-7-8-10(13)14-5/h6-9H2,1-5H3. The predicted octanol–water partition coefficient (Wildman–Crippen LogP) is 2.06. The van der Waals surface area contributed by atoms with E-state index in [4.69, 9.17) is 0 Å². The second-order valence-corrected chi connectivity index (χ2v) is 4.27. The first kappa shape index (κ1) is 13.4. The van der Waals surface area contributed by atoms with Crippen LogP contribution in [0.2, 0.25) is 0 Å². The van der Waals surface area contributed by atoms with E-state index in [-0.39, 0.29) is 11.5 Å². The highest BCUT2D eigenvalue weighted by Crippen LogP contribution is 2.16. The molecule has 3 heteroatoms. The van der Waals surface area contributed by atoms with Gasteiger partial charge in [-0.05, 0) is 40.3 Å². The third kappa shape index (κ3) is 4.61. The lowest BCUT2D eigenvalue weighted by atomic mass is 10.00. The van der Waals surface area contributed by atoms with Crippen molar-refractivity contribution in [1.82, 2.24) is 4.90 Å². The number of ether oxygens (including phenoxy) is 1. The maximum absolute atomic E-state index is 10.9.